The molecule has 0 heterocycles. The lowest BCUT2D eigenvalue weighted by Gasteiger charge is -2.38. The van der Waals surface area contributed by atoms with Gasteiger partial charge in [-0.2, -0.15) is 0 Å². The third-order valence-corrected chi connectivity index (χ3v) is 4.00. The van der Waals surface area contributed by atoms with Crippen molar-refractivity contribution in [2.24, 2.45) is 0 Å². The minimum absolute atomic E-state index is 0.0756. The highest BCUT2D eigenvalue weighted by molar-refractivity contribution is 5.81. The van der Waals surface area contributed by atoms with E-state index in [1.807, 2.05) is 51.2 Å². The zero-order valence-corrected chi connectivity index (χ0v) is 13.8. The molecule has 0 radical (unpaired) electrons. The Labute approximate surface area is 128 Å². The maximum Gasteiger partial charge on any atom is 0.329 e. The van der Waals surface area contributed by atoms with Crippen LogP contribution in [-0.4, -0.2) is 41.7 Å². The van der Waals surface area contributed by atoms with E-state index in [4.69, 9.17) is 0 Å². The number of aliphatic carboxylic acids is 1. The number of hydrogen-bond acceptors (Lipinski definition) is 3. The first kappa shape index (κ1) is 17.7. The highest BCUT2D eigenvalue weighted by Gasteiger charge is 2.42. The minimum Gasteiger partial charge on any atom is -0.480 e. The number of hydrogen-bond donors (Lipinski definition) is 2. The van der Waals surface area contributed by atoms with Crippen LogP contribution < -0.4 is 5.32 Å². The summed E-state index contributed by atoms with van der Waals surface area (Å²) in [5.74, 6) is -0.836. The van der Waals surface area contributed by atoms with Crippen LogP contribution in [0.5, 0.6) is 0 Å². The first-order valence-electron chi connectivity index (χ1n) is 7.60. The molecule has 4 nitrogen and oxygen atoms in total. The van der Waals surface area contributed by atoms with Crippen LogP contribution in [0.25, 0.3) is 0 Å². The summed E-state index contributed by atoms with van der Waals surface area (Å²) >= 11 is 0. The van der Waals surface area contributed by atoms with Crippen LogP contribution in [0.15, 0.2) is 30.3 Å². The fraction of sp³-hybridized carbons (Fsp3) is 0.588. The Balaban J connectivity index is 3.22. The van der Waals surface area contributed by atoms with Gasteiger partial charge in [0, 0.05) is 18.6 Å². The molecule has 2 N–H and O–H groups in total. The molecule has 0 fully saturated rings. The van der Waals surface area contributed by atoms with Crippen molar-refractivity contribution in [1.29, 1.82) is 0 Å². The van der Waals surface area contributed by atoms with Crippen molar-refractivity contribution < 1.29 is 9.90 Å². The normalized spacial score (nSPS) is 16.0. The molecule has 21 heavy (non-hydrogen) atoms. The minimum atomic E-state index is -1.09. The maximum atomic E-state index is 12.1. The topological polar surface area (TPSA) is 52.6 Å². The molecule has 1 aromatic rings. The summed E-state index contributed by atoms with van der Waals surface area (Å²) in [5, 5.41) is 13.2. The highest BCUT2D eigenvalue weighted by Crippen LogP contribution is 2.25. The van der Waals surface area contributed by atoms with Gasteiger partial charge in [-0.05, 0) is 39.8 Å². The smallest absolute Gasteiger partial charge is 0.329 e. The highest BCUT2D eigenvalue weighted by atomic mass is 16.4. The predicted octanol–water partition coefficient (Wildman–Crippen LogP) is 2.69. The Morgan fingerprint density at radius 3 is 2.29 bits per heavy atom. The Bertz CT molecular complexity index is 447. The van der Waals surface area contributed by atoms with Gasteiger partial charge in [-0.25, -0.2) is 4.79 Å². The first-order chi connectivity index (χ1) is 9.83. The third-order valence-electron chi connectivity index (χ3n) is 4.00. The summed E-state index contributed by atoms with van der Waals surface area (Å²) in [4.78, 5) is 14.2. The number of nitrogens with zero attached hydrogens (tertiary/aromatic N) is 1. The number of rotatable bonds is 8. The molecule has 0 saturated heterocycles. The predicted molar refractivity (Wildman–Crippen MR) is 86.4 cm³/mol. The molecule has 0 aliphatic carbocycles. The zero-order valence-electron chi connectivity index (χ0n) is 13.8. The van der Waals surface area contributed by atoms with E-state index in [0.29, 0.717) is 12.6 Å². The molecule has 4 heteroatoms. The number of likely N-dealkylation sites (N-methyl/N-ethyl adjacent to an activating group) is 1. The Kier molecular flexibility index (Phi) is 6.37. The van der Waals surface area contributed by atoms with Crippen LogP contribution in [0, 0.1) is 0 Å². The summed E-state index contributed by atoms with van der Waals surface area (Å²) in [5.41, 5.74) is -0.297. The molecule has 1 rings (SSSR count). The van der Waals surface area contributed by atoms with Crippen molar-refractivity contribution in [2.45, 2.75) is 51.7 Å². The van der Waals surface area contributed by atoms with Crippen LogP contribution in [0.2, 0.25) is 0 Å². The first-order valence-corrected chi connectivity index (χ1v) is 7.60. The van der Waals surface area contributed by atoms with E-state index in [-0.39, 0.29) is 6.04 Å². The van der Waals surface area contributed by atoms with Crippen LogP contribution in [0.1, 0.15) is 39.7 Å². The van der Waals surface area contributed by atoms with Gasteiger partial charge in [0.25, 0.3) is 0 Å². The molecule has 1 aromatic carbocycles. The molecule has 2 atom stereocenters. The van der Waals surface area contributed by atoms with Crippen molar-refractivity contribution in [3.63, 3.8) is 0 Å². The second-order valence-corrected chi connectivity index (χ2v) is 6.05. The molecular formula is C17H28N2O2. The quantitative estimate of drug-likeness (QED) is 0.773. The van der Waals surface area contributed by atoms with Crippen molar-refractivity contribution in [1.82, 2.24) is 10.2 Å². The lowest BCUT2D eigenvalue weighted by molar-refractivity contribution is -0.147. The Morgan fingerprint density at radius 2 is 1.86 bits per heavy atom. The van der Waals surface area contributed by atoms with Crippen molar-refractivity contribution >= 4 is 5.97 Å². The summed E-state index contributed by atoms with van der Waals surface area (Å²) < 4.78 is 0. The Morgan fingerprint density at radius 1 is 1.29 bits per heavy atom. The van der Waals surface area contributed by atoms with E-state index < -0.39 is 11.5 Å². The Hall–Kier alpha value is -1.39. The van der Waals surface area contributed by atoms with Crippen LogP contribution in [-0.2, 0) is 10.3 Å². The molecular weight excluding hydrogens is 264 g/mol. The van der Waals surface area contributed by atoms with E-state index in [1.54, 1.807) is 0 Å². The fourth-order valence-corrected chi connectivity index (χ4v) is 2.53. The van der Waals surface area contributed by atoms with Crippen molar-refractivity contribution in [3.8, 4) is 0 Å². The summed E-state index contributed by atoms with van der Waals surface area (Å²) in [7, 11) is 1.98. The molecule has 0 spiro atoms. The van der Waals surface area contributed by atoms with Gasteiger partial charge in [0.1, 0.15) is 0 Å². The average Bonchev–Trinajstić information content (AvgIpc) is 2.45. The van der Waals surface area contributed by atoms with Crippen LogP contribution in [0.3, 0.4) is 0 Å². The second kappa shape index (κ2) is 7.57. The molecule has 0 bridgehead atoms. The zero-order chi connectivity index (χ0) is 16.0. The van der Waals surface area contributed by atoms with E-state index in [1.165, 1.54) is 0 Å². The van der Waals surface area contributed by atoms with Gasteiger partial charge >= 0.3 is 5.97 Å². The molecule has 0 aliphatic heterocycles. The van der Waals surface area contributed by atoms with Gasteiger partial charge < -0.3 is 10.0 Å². The standard InChI is InChI=1S/C17H28N2O2/c1-6-14(4)19(5)12-17(16(20)21,18-13(2)3)15-10-8-7-9-11-15/h7-11,13-14,18H,6,12H2,1-5H3,(H,20,21). The van der Waals surface area contributed by atoms with Crippen molar-refractivity contribution in [3.05, 3.63) is 35.9 Å². The van der Waals surface area contributed by atoms with Crippen molar-refractivity contribution in [2.75, 3.05) is 13.6 Å². The lowest BCUT2D eigenvalue weighted by Crippen LogP contribution is -2.58. The number of carboxylic acids is 1. The number of carboxylic acid groups (broad SMARTS) is 1. The SMILES string of the molecule is CCC(C)N(C)CC(NC(C)C)(C(=O)O)c1ccccc1. The van der Waals surface area contributed by atoms with Gasteiger partial charge in [0.05, 0.1) is 0 Å². The molecule has 118 valence electrons. The third kappa shape index (κ3) is 4.29. The maximum absolute atomic E-state index is 12.1. The van der Waals surface area contributed by atoms with Gasteiger partial charge in [0.2, 0.25) is 0 Å². The molecule has 0 aliphatic rings. The molecule has 0 amide bonds. The summed E-state index contributed by atoms with van der Waals surface area (Å²) in [6, 6.07) is 9.86. The lowest BCUT2D eigenvalue weighted by atomic mass is 9.88. The van der Waals surface area contributed by atoms with Gasteiger partial charge in [0.15, 0.2) is 5.54 Å². The van der Waals surface area contributed by atoms with Gasteiger partial charge in [-0.1, -0.05) is 37.3 Å². The number of carbonyl (C=O) groups is 1. The van der Waals surface area contributed by atoms with Gasteiger partial charge in [-0.3, -0.25) is 5.32 Å². The summed E-state index contributed by atoms with van der Waals surface area (Å²) in [6.07, 6.45) is 0.989. The van der Waals surface area contributed by atoms with Crippen LogP contribution >= 0.6 is 0 Å². The number of nitrogens with one attached hydrogen (secondary N) is 1. The van der Waals surface area contributed by atoms with E-state index in [2.05, 4.69) is 24.1 Å². The van der Waals surface area contributed by atoms with E-state index >= 15 is 0 Å². The van der Waals surface area contributed by atoms with E-state index in [9.17, 15) is 9.90 Å². The molecule has 0 saturated carbocycles. The fourth-order valence-electron chi connectivity index (χ4n) is 2.53. The van der Waals surface area contributed by atoms with Gasteiger partial charge in [-0.15, -0.1) is 0 Å². The average molecular weight is 292 g/mol. The van der Waals surface area contributed by atoms with E-state index in [0.717, 1.165) is 12.0 Å². The molecule has 0 aromatic heterocycles. The molecule has 2 unspecified atom stereocenters. The largest absolute Gasteiger partial charge is 0.480 e. The number of benzene rings is 1. The van der Waals surface area contributed by atoms with Crippen LogP contribution in [0.4, 0.5) is 0 Å². The second-order valence-electron chi connectivity index (χ2n) is 6.05. The summed E-state index contributed by atoms with van der Waals surface area (Å²) in [6.45, 7) is 8.61. The monoisotopic (exact) mass is 292 g/mol.